The molecule has 100 valence electrons. The molecule has 1 aromatic heterocycles. The van der Waals surface area contributed by atoms with E-state index >= 15 is 0 Å². The first-order valence-electron chi connectivity index (χ1n) is 5.29. The first-order valence-corrected chi connectivity index (χ1v) is 6.87. The zero-order valence-electron chi connectivity index (χ0n) is 9.95. The van der Waals surface area contributed by atoms with Gasteiger partial charge in [0.05, 0.1) is 21.2 Å². The molecule has 0 radical (unpaired) electrons. The van der Waals surface area contributed by atoms with E-state index in [2.05, 4.69) is 41.8 Å². The van der Waals surface area contributed by atoms with Crippen LogP contribution < -0.4 is 5.73 Å². The minimum atomic E-state index is -0.379. The van der Waals surface area contributed by atoms with E-state index in [1.54, 1.807) is 19.2 Å². The normalized spacial score (nSPS) is 10.7. The lowest BCUT2D eigenvalue weighted by atomic mass is 10.2. The maximum absolute atomic E-state index is 13.5. The van der Waals surface area contributed by atoms with E-state index in [0.717, 1.165) is 0 Å². The maximum atomic E-state index is 13.5. The van der Waals surface area contributed by atoms with E-state index in [-0.39, 0.29) is 5.82 Å². The molecule has 19 heavy (non-hydrogen) atoms. The van der Waals surface area contributed by atoms with Crippen molar-refractivity contribution in [1.82, 2.24) is 9.97 Å². The summed E-state index contributed by atoms with van der Waals surface area (Å²) in [6, 6.07) is 4.66. The monoisotopic (exact) mass is 389 g/mol. The Balaban J connectivity index is 2.52. The third kappa shape index (κ3) is 3.10. The number of nitrogens with two attached hydrogens (primary N) is 1. The van der Waals surface area contributed by atoms with Crippen molar-refractivity contribution in [3.63, 3.8) is 0 Å². The van der Waals surface area contributed by atoms with E-state index in [0.29, 0.717) is 38.5 Å². The van der Waals surface area contributed by atoms with Crippen LogP contribution in [0.3, 0.4) is 0 Å². The molecule has 1 heterocycles. The molecule has 2 aromatic rings. The number of benzene rings is 1. The molecule has 7 heteroatoms. The summed E-state index contributed by atoms with van der Waals surface area (Å²) in [5, 5.41) is 0. The topological polar surface area (TPSA) is 61.0 Å². The SMILES string of the molecule is COCc1nc(-c2ccc(Br)c(F)c2)nc(N)c1Br. The predicted molar refractivity (Wildman–Crippen MR) is 78.0 cm³/mol. The van der Waals surface area contributed by atoms with Crippen LogP contribution in [-0.2, 0) is 11.3 Å². The lowest BCUT2D eigenvalue weighted by Gasteiger charge is -2.08. The lowest BCUT2D eigenvalue weighted by Crippen LogP contribution is -2.04. The van der Waals surface area contributed by atoms with Crippen LogP contribution in [0.4, 0.5) is 10.2 Å². The zero-order chi connectivity index (χ0) is 14.0. The number of nitrogen functional groups attached to an aromatic ring is 1. The Kier molecular flexibility index (Phi) is 4.49. The molecule has 4 nitrogen and oxygen atoms in total. The van der Waals surface area contributed by atoms with Crippen LogP contribution in [0.25, 0.3) is 11.4 Å². The third-order valence-corrected chi connectivity index (χ3v) is 3.91. The summed E-state index contributed by atoms with van der Waals surface area (Å²) >= 11 is 6.40. The summed E-state index contributed by atoms with van der Waals surface area (Å²) in [5.74, 6) is 0.274. The Bertz CT molecular complexity index is 622. The number of nitrogens with zero attached hydrogens (tertiary/aromatic N) is 2. The molecule has 0 fully saturated rings. The van der Waals surface area contributed by atoms with Crippen molar-refractivity contribution in [2.75, 3.05) is 12.8 Å². The van der Waals surface area contributed by atoms with Gasteiger partial charge in [0.15, 0.2) is 5.82 Å². The van der Waals surface area contributed by atoms with Gasteiger partial charge >= 0.3 is 0 Å². The highest BCUT2D eigenvalue weighted by Gasteiger charge is 2.12. The number of rotatable bonds is 3. The fraction of sp³-hybridized carbons (Fsp3) is 0.167. The standard InChI is InChI=1S/C12H10Br2FN3O/c1-19-5-9-10(14)11(16)18-12(17-9)6-2-3-7(13)8(15)4-6/h2-4H,5H2,1H3,(H2,16,17,18). The second kappa shape index (κ2) is 5.94. The molecule has 2 rings (SSSR count). The first-order chi connectivity index (χ1) is 9.02. The van der Waals surface area contributed by atoms with E-state index in [4.69, 9.17) is 10.5 Å². The zero-order valence-corrected chi connectivity index (χ0v) is 13.1. The third-order valence-electron chi connectivity index (χ3n) is 2.40. The molecule has 0 spiro atoms. The Morgan fingerprint density at radius 2 is 2.05 bits per heavy atom. The molecule has 0 saturated heterocycles. The molecule has 0 amide bonds. The predicted octanol–water partition coefficient (Wildman–Crippen LogP) is 3.54. The van der Waals surface area contributed by atoms with Gasteiger partial charge in [0.2, 0.25) is 0 Å². The van der Waals surface area contributed by atoms with E-state index < -0.39 is 0 Å². The van der Waals surface area contributed by atoms with Crippen LogP contribution in [0.5, 0.6) is 0 Å². The van der Waals surface area contributed by atoms with Crippen LogP contribution >= 0.6 is 31.9 Å². The number of halogens is 3. The summed E-state index contributed by atoms with van der Waals surface area (Å²) in [6.07, 6.45) is 0. The van der Waals surface area contributed by atoms with Gasteiger partial charge < -0.3 is 10.5 Å². The molecule has 0 aliphatic heterocycles. The minimum absolute atomic E-state index is 0.291. The number of anilines is 1. The quantitative estimate of drug-likeness (QED) is 0.870. The van der Waals surface area contributed by atoms with Gasteiger partial charge in [-0.15, -0.1) is 0 Å². The van der Waals surface area contributed by atoms with Crippen molar-refractivity contribution in [1.29, 1.82) is 0 Å². The van der Waals surface area contributed by atoms with Crippen LogP contribution in [0.15, 0.2) is 27.1 Å². The summed E-state index contributed by atoms with van der Waals surface area (Å²) in [6.45, 7) is 0.291. The van der Waals surface area contributed by atoms with Gasteiger partial charge in [0.25, 0.3) is 0 Å². The number of ether oxygens (including phenoxy) is 1. The number of aromatic nitrogens is 2. The van der Waals surface area contributed by atoms with Crippen LogP contribution in [-0.4, -0.2) is 17.1 Å². The van der Waals surface area contributed by atoms with Crippen molar-refractivity contribution >= 4 is 37.7 Å². The average molecular weight is 391 g/mol. The smallest absolute Gasteiger partial charge is 0.162 e. The van der Waals surface area contributed by atoms with Gasteiger partial charge in [-0.2, -0.15) is 0 Å². The first kappa shape index (κ1) is 14.4. The van der Waals surface area contributed by atoms with Crippen molar-refractivity contribution in [2.24, 2.45) is 0 Å². The molecule has 0 aliphatic rings. The van der Waals surface area contributed by atoms with Crippen molar-refractivity contribution in [3.05, 3.63) is 38.7 Å². The summed E-state index contributed by atoms with van der Waals surface area (Å²) in [7, 11) is 1.56. The second-order valence-corrected chi connectivity index (χ2v) is 5.40. The Hall–Kier alpha value is -1.05. The Morgan fingerprint density at radius 1 is 1.32 bits per heavy atom. The number of hydrogen-bond acceptors (Lipinski definition) is 4. The van der Waals surface area contributed by atoms with Gasteiger partial charge in [-0.1, -0.05) is 0 Å². The fourth-order valence-corrected chi connectivity index (χ4v) is 2.05. The van der Waals surface area contributed by atoms with E-state index in [1.807, 2.05) is 0 Å². The highest BCUT2D eigenvalue weighted by atomic mass is 79.9. The largest absolute Gasteiger partial charge is 0.383 e. The van der Waals surface area contributed by atoms with Gasteiger partial charge in [-0.3, -0.25) is 0 Å². The van der Waals surface area contributed by atoms with E-state index in [9.17, 15) is 4.39 Å². The molecular formula is C12H10Br2FN3O. The second-order valence-electron chi connectivity index (χ2n) is 3.76. The fourth-order valence-electron chi connectivity index (χ4n) is 1.51. The van der Waals surface area contributed by atoms with Gasteiger partial charge in [0, 0.05) is 12.7 Å². The molecule has 1 aromatic carbocycles. The van der Waals surface area contributed by atoms with Crippen molar-refractivity contribution < 1.29 is 9.13 Å². The van der Waals surface area contributed by atoms with Crippen LogP contribution in [0.1, 0.15) is 5.69 Å². The van der Waals surface area contributed by atoms with E-state index in [1.165, 1.54) is 6.07 Å². The van der Waals surface area contributed by atoms with Crippen LogP contribution in [0.2, 0.25) is 0 Å². The maximum Gasteiger partial charge on any atom is 0.162 e. The Labute approximate surface area is 126 Å². The lowest BCUT2D eigenvalue weighted by molar-refractivity contribution is 0.181. The van der Waals surface area contributed by atoms with Crippen LogP contribution in [0, 0.1) is 5.82 Å². The summed E-state index contributed by atoms with van der Waals surface area (Å²) < 4.78 is 19.5. The van der Waals surface area contributed by atoms with Crippen molar-refractivity contribution in [2.45, 2.75) is 6.61 Å². The summed E-state index contributed by atoms with van der Waals surface area (Å²) in [4.78, 5) is 8.46. The van der Waals surface area contributed by atoms with Gasteiger partial charge in [-0.25, -0.2) is 14.4 Å². The number of methoxy groups -OCH3 is 1. The average Bonchev–Trinajstić information content (AvgIpc) is 2.38. The van der Waals surface area contributed by atoms with Gasteiger partial charge in [-0.05, 0) is 50.1 Å². The minimum Gasteiger partial charge on any atom is -0.383 e. The molecule has 0 atom stereocenters. The molecule has 0 saturated carbocycles. The molecule has 2 N–H and O–H groups in total. The highest BCUT2D eigenvalue weighted by molar-refractivity contribution is 9.11. The summed E-state index contributed by atoms with van der Waals surface area (Å²) in [5.41, 5.74) is 6.97. The highest BCUT2D eigenvalue weighted by Crippen LogP contribution is 2.27. The van der Waals surface area contributed by atoms with Gasteiger partial charge in [0.1, 0.15) is 11.6 Å². The molecule has 0 unspecified atom stereocenters. The number of hydrogen-bond donors (Lipinski definition) is 1. The molecular weight excluding hydrogens is 381 g/mol. The van der Waals surface area contributed by atoms with Crippen molar-refractivity contribution in [3.8, 4) is 11.4 Å². The molecule has 0 aliphatic carbocycles. The Morgan fingerprint density at radius 3 is 2.68 bits per heavy atom. The molecule has 0 bridgehead atoms.